The number of carbonyl (C=O) groups is 1. The SMILES string of the molecule is C[C@H]1CN(C(=O)CSc2nc(C3CC3)n(-c3ccccc3)n2)C[C@H](C)O1. The molecule has 2 fully saturated rings. The van der Waals surface area contributed by atoms with Crippen LogP contribution in [0, 0.1) is 0 Å². The molecule has 1 amide bonds. The number of morpholine rings is 1. The fraction of sp³-hybridized carbons (Fsp3) is 0.526. The molecule has 0 spiro atoms. The minimum absolute atomic E-state index is 0.0876. The number of benzene rings is 1. The molecule has 2 aromatic rings. The number of para-hydroxylation sites is 1. The first kappa shape index (κ1) is 17.5. The summed E-state index contributed by atoms with van der Waals surface area (Å²) in [5.74, 6) is 2.00. The maximum atomic E-state index is 12.6. The van der Waals surface area contributed by atoms with E-state index in [0.29, 0.717) is 29.9 Å². The Hall–Kier alpha value is -1.86. The van der Waals surface area contributed by atoms with Crippen LogP contribution in [-0.2, 0) is 9.53 Å². The van der Waals surface area contributed by atoms with E-state index in [0.717, 1.165) is 24.4 Å². The minimum atomic E-state index is 0.0876. The van der Waals surface area contributed by atoms with Gasteiger partial charge in [-0.1, -0.05) is 30.0 Å². The van der Waals surface area contributed by atoms with E-state index in [1.54, 1.807) is 0 Å². The highest BCUT2D eigenvalue weighted by Gasteiger charge is 2.31. The lowest BCUT2D eigenvalue weighted by Crippen LogP contribution is -2.48. The van der Waals surface area contributed by atoms with Crippen LogP contribution in [-0.4, -0.2) is 56.6 Å². The lowest BCUT2D eigenvalue weighted by molar-refractivity contribution is -0.140. The minimum Gasteiger partial charge on any atom is -0.372 e. The smallest absolute Gasteiger partial charge is 0.233 e. The van der Waals surface area contributed by atoms with E-state index in [2.05, 4.69) is 5.10 Å². The standard InChI is InChI=1S/C19H24N4O2S/c1-13-10-22(11-14(2)25-13)17(24)12-26-19-20-18(15-8-9-15)23(21-19)16-6-4-3-5-7-16/h3-7,13-15H,8-12H2,1-2H3/t13-,14-/m0/s1. The van der Waals surface area contributed by atoms with Crippen molar-refractivity contribution in [2.75, 3.05) is 18.8 Å². The van der Waals surface area contributed by atoms with Crippen molar-refractivity contribution in [1.29, 1.82) is 0 Å². The molecule has 2 atom stereocenters. The van der Waals surface area contributed by atoms with Crippen LogP contribution in [0.15, 0.2) is 35.5 Å². The van der Waals surface area contributed by atoms with Gasteiger partial charge in [-0.2, -0.15) is 0 Å². The second kappa shape index (κ2) is 7.40. The molecule has 138 valence electrons. The molecule has 4 rings (SSSR count). The molecule has 7 heteroatoms. The zero-order valence-corrected chi connectivity index (χ0v) is 16.0. The van der Waals surface area contributed by atoms with Gasteiger partial charge >= 0.3 is 0 Å². The molecule has 2 heterocycles. The van der Waals surface area contributed by atoms with Crippen molar-refractivity contribution < 1.29 is 9.53 Å². The monoisotopic (exact) mass is 372 g/mol. The summed E-state index contributed by atoms with van der Waals surface area (Å²) in [5.41, 5.74) is 1.02. The Morgan fingerprint density at radius 1 is 1.19 bits per heavy atom. The predicted octanol–water partition coefficient (Wildman–Crippen LogP) is 2.87. The maximum Gasteiger partial charge on any atom is 0.233 e. The summed E-state index contributed by atoms with van der Waals surface area (Å²) in [7, 11) is 0. The summed E-state index contributed by atoms with van der Waals surface area (Å²) in [6.07, 6.45) is 2.50. The fourth-order valence-electron chi connectivity index (χ4n) is 3.33. The lowest BCUT2D eigenvalue weighted by atomic mass is 10.2. The van der Waals surface area contributed by atoms with Crippen molar-refractivity contribution in [2.45, 2.75) is 50.0 Å². The Morgan fingerprint density at radius 2 is 1.88 bits per heavy atom. The molecule has 2 aliphatic rings. The topological polar surface area (TPSA) is 60.2 Å². The van der Waals surface area contributed by atoms with Crippen molar-refractivity contribution in [2.24, 2.45) is 0 Å². The fourth-order valence-corrected chi connectivity index (χ4v) is 4.06. The van der Waals surface area contributed by atoms with Crippen LogP contribution in [0.1, 0.15) is 38.4 Å². The number of aromatic nitrogens is 3. The van der Waals surface area contributed by atoms with Gasteiger partial charge in [-0.05, 0) is 38.8 Å². The first-order chi connectivity index (χ1) is 12.6. The molecule has 0 unspecified atom stereocenters. The first-order valence-corrected chi connectivity index (χ1v) is 10.2. The van der Waals surface area contributed by atoms with E-state index < -0.39 is 0 Å². The molecule has 0 radical (unpaired) electrons. The Kier molecular flexibility index (Phi) is 5.00. The van der Waals surface area contributed by atoms with Gasteiger partial charge < -0.3 is 9.64 Å². The van der Waals surface area contributed by atoms with Gasteiger partial charge in [-0.15, -0.1) is 5.10 Å². The molecular formula is C19H24N4O2S. The third-order valence-corrected chi connectivity index (χ3v) is 5.48. The van der Waals surface area contributed by atoms with Gasteiger partial charge in [-0.25, -0.2) is 9.67 Å². The Morgan fingerprint density at radius 3 is 2.54 bits per heavy atom. The highest BCUT2D eigenvalue weighted by Crippen LogP contribution is 2.40. The third-order valence-electron chi connectivity index (χ3n) is 4.65. The van der Waals surface area contributed by atoms with Gasteiger partial charge in [0.25, 0.3) is 0 Å². The molecule has 6 nitrogen and oxygen atoms in total. The normalized spacial score (nSPS) is 23.2. The summed E-state index contributed by atoms with van der Waals surface area (Å²) < 4.78 is 7.64. The molecule has 0 N–H and O–H groups in total. The zero-order valence-electron chi connectivity index (χ0n) is 15.2. The molecule has 1 saturated carbocycles. The van der Waals surface area contributed by atoms with E-state index in [1.165, 1.54) is 11.8 Å². The third kappa shape index (κ3) is 3.94. The molecule has 26 heavy (non-hydrogen) atoms. The van der Waals surface area contributed by atoms with Crippen LogP contribution in [0.5, 0.6) is 0 Å². The summed E-state index contributed by atoms with van der Waals surface area (Å²) in [4.78, 5) is 19.2. The zero-order chi connectivity index (χ0) is 18.1. The average Bonchev–Trinajstić information content (AvgIpc) is 3.39. The number of ether oxygens (including phenoxy) is 1. The van der Waals surface area contributed by atoms with Crippen LogP contribution in [0.3, 0.4) is 0 Å². The van der Waals surface area contributed by atoms with Gasteiger partial charge in [0.1, 0.15) is 5.82 Å². The summed E-state index contributed by atoms with van der Waals surface area (Å²) in [6, 6.07) is 10.1. The number of carbonyl (C=O) groups excluding carboxylic acids is 1. The van der Waals surface area contributed by atoms with Crippen molar-refractivity contribution in [3.63, 3.8) is 0 Å². The van der Waals surface area contributed by atoms with E-state index in [-0.39, 0.29) is 18.1 Å². The van der Waals surface area contributed by atoms with Crippen LogP contribution in [0.25, 0.3) is 5.69 Å². The highest BCUT2D eigenvalue weighted by molar-refractivity contribution is 7.99. The van der Waals surface area contributed by atoms with E-state index >= 15 is 0 Å². The molecule has 1 aliphatic carbocycles. The number of rotatable bonds is 5. The number of nitrogens with zero attached hydrogens (tertiary/aromatic N) is 4. The molecule has 1 aromatic carbocycles. The Bertz CT molecular complexity index is 765. The number of hydrogen-bond donors (Lipinski definition) is 0. The van der Waals surface area contributed by atoms with Crippen molar-refractivity contribution in [3.05, 3.63) is 36.2 Å². The van der Waals surface area contributed by atoms with Crippen molar-refractivity contribution in [3.8, 4) is 5.69 Å². The van der Waals surface area contributed by atoms with Crippen molar-refractivity contribution >= 4 is 17.7 Å². The van der Waals surface area contributed by atoms with Gasteiger partial charge in [0.05, 0.1) is 23.6 Å². The predicted molar refractivity (Wildman–Crippen MR) is 101 cm³/mol. The molecule has 0 bridgehead atoms. The Balaban J connectivity index is 1.44. The highest BCUT2D eigenvalue weighted by atomic mass is 32.2. The van der Waals surface area contributed by atoms with Crippen LogP contribution in [0.2, 0.25) is 0 Å². The van der Waals surface area contributed by atoms with Crippen LogP contribution >= 0.6 is 11.8 Å². The number of amides is 1. The largest absolute Gasteiger partial charge is 0.372 e. The lowest BCUT2D eigenvalue weighted by Gasteiger charge is -2.35. The van der Waals surface area contributed by atoms with Gasteiger partial charge in [-0.3, -0.25) is 4.79 Å². The van der Waals surface area contributed by atoms with Gasteiger partial charge in [0, 0.05) is 19.0 Å². The molecule has 1 saturated heterocycles. The molecule has 1 aliphatic heterocycles. The van der Waals surface area contributed by atoms with Crippen LogP contribution < -0.4 is 0 Å². The Labute approximate surface area is 157 Å². The van der Waals surface area contributed by atoms with Gasteiger partial charge in [0.2, 0.25) is 11.1 Å². The van der Waals surface area contributed by atoms with E-state index in [1.807, 2.05) is 53.8 Å². The number of hydrogen-bond acceptors (Lipinski definition) is 5. The second-order valence-electron chi connectivity index (χ2n) is 7.12. The number of thioether (sulfide) groups is 1. The van der Waals surface area contributed by atoms with E-state index in [4.69, 9.17) is 9.72 Å². The van der Waals surface area contributed by atoms with E-state index in [9.17, 15) is 4.79 Å². The average molecular weight is 372 g/mol. The van der Waals surface area contributed by atoms with Crippen molar-refractivity contribution in [1.82, 2.24) is 19.7 Å². The molecular weight excluding hydrogens is 348 g/mol. The maximum absolute atomic E-state index is 12.6. The second-order valence-corrected chi connectivity index (χ2v) is 8.06. The first-order valence-electron chi connectivity index (χ1n) is 9.18. The molecule has 1 aromatic heterocycles. The van der Waals surface area contributed by atoms with Crippen LogP contribution in [0.4, 0.5) is 0 Å². The summed E-state index contributed by atoms with van der Waals surface area (Å²) in [5, 5.41) is 5.34. The quantitative estimate of drug-likeness (QED) is 0.756. The van der Waals surface area contributed by atoms with Gasteiger partial charge in [0.15, 0.2) is 0 Å². The summed E-state index contributed by atoms with van der Waals surface area (Å²) in [6.45, 7) is 5.33. The summed E-state index contributed by atoms with van der Waals surface area (Å²) >= 11 is 1.42.